The van der Waals surface area contributed by atoms with E-state index in [1.807, 2.05) is 43.3 Å². The number of hydrogen-bond donors (Lipinski definition) is 0. The summed E-state index contributed by atoms with van der Waals surface area (Å²) in [4.78, 5) is 15.6. The molecule has 0 aliphatic rings. The first-order valence-electron chi connectivity index (χ1n) is 7.79. The number of ketones is 1. The van der Waals surface area contributed by atoms with Gasteiger partial charge in [-0.25, -0.2) is 0 Å². The van der Waals surface area contributed by atoms with Crippen molar-refractivity contribution in [3.05, 3.63) is 54.1 Å². The van der Waals surface area contributed by atoms with Gasteiger partial charge in [-0.1, -0.05) is 0 Å². The molecule has 0 atom stereocenters. The zero-order valence-corrected chi connectivity index (χ0v) is 14.4. The minimum Gasteiger partial charge on any atom is -0.497 e. The SMILES string of the molecule is COc1ccc(C(=O)Cn2nnc(-c3ccc(N(C)C)cc3)n2)cc1. The highest BCUT2D eigenvalue weighted by atomic mass is 16.5. The third-order valence-electron chi connectivity index (χ3n) is 3.79. The van der Waals surface area contributed by atoms with Crippen molar-refractivity contribution in [3.63, 3.8) is 0 Å². The summed E-state index contributed by atoms with van der Waals surface area (Å²) in [6.07, 6.45) is 0. The first-order chi connectivity index (χ1) is 12.1. The van der Waals surface area contributed by atoms with Gasteiger partial charge >= 0.3 is 0 Å². The molecule has 0 aliphatic heterocycles. The van der Waals surface area contributed by atoms with Gasteiger partial charge in [0.1, 0.15) is 12.3 Å². The van der Waals surface area contributed by atoms with Crippen LogP contribution in [0, 0.1) is 0 Å². The van der Waals surface area contributed by atoms with E-state index in [9.17, 15) is 4.79 Å². The number of rotatable bonds is 6. The van der Waals surface area contributed by atoms with Gasteiger partial charge in [-0.2, -0.15) is 4.80 Å². The Morgan fingerprint density at radius 1 is 1.08 bits per heavy atom. The summed E-state index contributed by atoms with van der Waals surface area (Å²) in [5.74, 6) is 1.11. The van der Waals surface area contributed by atoms with Crippen LogP contribution >= 0.6 is 0 Å². The summed E-state index contributed by atoms with van der Waals surface area (Å²) in [5.41, 5.74) is 2.52. The molecule has 25 heavy (non-hydrogen) atoms. The Hall–Kier alpha value is -3.22. The summed E-state index contributed by atoms with van der Waals surface area (Å²) in [6.45, 7) is 0.0368. The molecular formula is C18H19N5O2. The van der Waals surface area contributed by atoms with Crippen molar-refractivity contribution in [2.45, 2.75) is 6.54 Å². The summed E-state index contributed by atoms with van der Waals surface area (Å²) in [7, 11) is 5.55. The molecule has 0 aliphatic carbocycles. The molecule has 0 saturated carbocycles. The van der Waals surface area contributed by atoms with Crippen LogP contribution in [0.3, 0.4) is 0 Å². The predicted molar refractivity (Wildman–Crippen MR) is 94.9 cm³/mol. The molecule has 3 rings (SSSR count). The maximum absolute atomic E-state index is 12.3. The molecule has 7 nitrogen and oxygen atoms in total. The Kier molecular flexibility index (Phi) is 4.74. The van der Waals surface area contributed by atoms with Crippen molar-refractivity contribution in [3.8, 4) is 17.1 Å². The molecule has 0 fully saturated rings. The fourth-order valence-electron chi connectivity index (χ4n) is 2.33. The van der Waals surface area contributed by atoms with Gasteiger partial charge in [0, 0.05) is 30.9 Å². The van der Waals surface area contributed by atoms with Crippen molar-refractivity contribution < 1.29 is 9.53 Å². The molecule has 0 bridgehead atoms. The van der Waals surface area contributed by atoms with E-state index in [4.69, 9.17) is 4.74 Å². The molecular weight excluding hydrogens is 318 g/mol. The van der Waals surface area contributed by atoms with Crippen molar-refractivity contribution in [1.82, 2.24) is 20.2 Å². The first kappa shape index (κ1) is 16.6. The highest BCUT2D eigenvalue weighted by Crippen LogP contribution is 2.18. The number of tetrazole rings is 1. The van der Waals surface area contributed by atoms with Crippen molar-refractivity contribution in [2.24, 2.45) is 0 Å². The molecule has 0 unspecified atom stereocenters. The van der Waals surface area contributed by atoms with Gasteiger partial charge in [0.2, 0.25) is 5.82 Å². The zero-order valence-electron chi connectivity index (χ0n) is 14.4. The van der Waals surface area contributed by atoms with Crippen LogP contribution in [0.4, 0.5) is 5.69 Å². The van der Waals surface area contributed by atoms with E-state index in [0.29, 0.717) is 17.1 Å². The average molecular weight is 337 g/mol. The number of hydrogen-bond acceptors (Lipinski definition) is 6. The molecule has 0 radical (unpaired) electrons. The Bertz CT molecular complexity index is 854. The minimum atomic E-state index is -0.0884. The van der Waals surface area contributed by atoms with Crippen LogP contribution in [0.5, 0.6) is 5.75 Å². The molecule has 0 N–H and O–H groups in total. The van der Waals surface area contributed by atoms with Crippen LogP contribution in [0.2, 0.25) is 0 Å². The lowest BCUT2D eigenvalue weighted by Gasteiger charge is -2.11. The van der Waals surface area contributed by atoms with Crippen LogP contribution < -0.4 is 9.64 Å². The standard InChI is InChI=1S/C18H19N5O2/c1-22(2)15-8-4-14(5-9-15)18-19-21-23(20-18)12-17(24)13-6-10-16(25-3)11-7-13/h4-11H,12H2,1-3H3. The Labute approximate surface area is 145 Å². The largest absolute Gasteiger partial charge is 0.497 e. The van der Waals surface area contributed by atoms with E-state index in [-0.39, 0.29) is 12.3 Å². The highest BCUT2D eigenvalue weighted by Gasteiger charge is 2.11. The number of benzene rings is 2. The Balaban J connectivity index is 1.71. The topological polar surface area (TPSA) is 73.1 Å². The monoisotopic (exact) mass is 337 g/mol. The van der Waals surface area contributed by atoms with Gasteiger partial charge in [0.15, 0.2) is 5.78 Å². The lowest BCUT2D eigenvalue weighted by molar-refractivity contribution is 0.0961. The second-order valence-corrected chi connectivity index (χ2v) is 5.74. The molecule has 2 aromatic carbocycles. The smallest absolute Gasteiger partial charge is 0.204 e. The molecule has 0 saturated heterocycles. The van der Waals surface area contributed by atoms with Gasteiger partial charge in [-0.05, 0) is 53.7 Å². The maximum Gasteiger partial charge on any atom is 0.204 e. The van der Waals surface area contributed by atoms with Crippen molar-refractivity contribution in [1.29, 1.82) is 0 Å². The third-order valence-corrected chi connectivity index (χ3v) is 3.79. The lowest BCUT2D eigenvalue weighted by atomic mass is 10.1. The average Bonchev–Trinajstić information content (AvgIpc) is 3.10. The fourth-order valence-corrected chi connectivity index (χ4v) is 2.33. The van der Waals surface area contributed by atoms with Crippen molar-refractivity contribution in [2.75, 3.05) is 26.1 Å². The number of carbonyl (C=O) groups excluding carboxylic acids is 1. The van der Waals surface area contributed by atoms with E-state index in [2.05, 4.69) is 15.4 Å². The highest BCUT2D eigenvalue weighted by molar-refractivity contribution is 5.95. The molecule has 0 amide bonds. The number of aromatic nitrogens is 4. The normalized spacial score (nSPS) is 10.5. The molecule has 1 aromatic heterocycles. The van der Waals surface area contributed by atoms with Gasteiger partial charge in [-0.15, -0.1) is 10.2 Å². The zero-order chi connectivity index (χ0) is 17.8. The number of ether oxygens (including phenoxy) is 1. The predicted octanol–water partition coefficient (Wildman–Crippen LogP) is 2.30. The lowest BCUT2D eigenvalue weighted by Crippen LogP contribution is -2.13. The van der Waals surface area contributed by atoms with Gasteiger partial charge in [0.05, 0.1) is 7.11 Å². The van der Waals surface area contributed by atoms with Gasteiger partial charge in [0.25, 0.3) is 0 Å². The summed E-state index contributed by atoms with van der Waals surface area (Å²) < 4.78 is 5.09. The van der Waals surface area contributed by atoms with Crippen LogP contribution in [-0.4, -0.2) is 47.2 Å². The number of methoxy groups -OCH3 is 1. The maximum atomic E-state index is 12.3. The number of nitrogens with zero attached hydrogens (tertiary/aromatic N) is 5. The minimum absolute atomic E-state index is 0.0368. The van der Waals surface area contributed by atoms with E-state index >= 15 is 0 Å². The number of anilines is 1. The van der Waals surface area contributed by atoms with E-state index < -0.39 is 0 Å². The van der Waals surface area contributed by atoms with Gasteiger partial charge in [-0.3, -0.25) is 4.79 Å². The first-order valence-corrected chi connectivity index (χ1v) is 7.79. The molecule has 128 valence electrons. The van der Waals surface area contributed by atoms with Gasteiger partial charge < -0.3 is 9.64 Å². The Morgan fingerprint density at radius 2 is 1.76 bits per heavy atom. The quantitative estimate of drug-likeness (QED) is 0.643. The summed E-state index contributed by atoms with van der Waals surface area (Å²) in [6, 6.07) is 14.8. The molecule has 3 aromatic rings. The second kappa shape index (κ2) is 7.12. The Morgan fingerprint density at radius 3 is 2.36 bits per heavy atom. The number of Topliss-reactive ketones (excluding diaryl/α,β-unsaturated/α-hetero) is 1. The molecule has 7 heteroatoms. The fraction of sp³-hybridized carbons (Fsp3) is 0.222. The van der Waals surface area contributed by atoms with Crippen LogP contribution in [0.15, 0.2) is 48.5 Å². The second-order valence-electron chi connectivity index (χ2n) is 5.74. The van der Waals surface area contributed by atoms with Crippen molar-refractivity contribution >= 4 is 11.5 Å². The summed E-state index contributed by atoms with van der Waals surface area (Å²) >= 11 is 0. The third kappa shape index (κ3) is 3.82. The van der Waals surface area contributed by atoms with E-state index in [1.165, 1.54) is 4.80 Å². The van der Waals surface area contributed by atoms with Crippen LogP contribution in [-0.2, 0) is 6.54 Å². The van der Waals surface area contributed by atoms with E-state index in [1.54, 1.807) is 31.4 Å². The van der Waals surface area contributed by atoms with Crippen LogP contribution in [0.1, 0.15) is 10.4 Å². The van der Waals surface area contributed by atoms with Crippen LogP contribution in [0.25, 0.3) is 11.4 Å². The molecule has 1 heterocycles. The molecule has 0 spiro atoms. The summed E-state index contributed by atoms with van der Waals surface area (Å²) in [5, 5.41) is 12.3. The number of carbonyl (C=O) groups is 1. The van der Waals surface area contributed by atoms with E-state index in [0.717, 1.165) is 11.3 Å².